The van der Waals surface area contributed by atoms with E-state index in [1.54, 1.807) is 0 Å². The van der Waals surface area contributed by atoms with E-state index in [1.165, 1.54) is 25.7 Å². The molecular weight excluding hydrogens is 232 g/mol. The van der Waals surface area contributed by atoms with Crippen molar-refractivity contribution in [2.45, 2.75) is 50.9 Å². The second kappa shape index (κ2) is 4.71. The van der Waals surface area contributed by atoms with Crippen molar-refractivity contribution < 1.29 is 14.3 Å². The molecule has 2 aliphatic carbocycles. The van der Waals surface area contributed by atoms with E-state index < -0.39 is 5.97 Å². The summed E-state index contributed by atoms with van der Waals surface area (Å²) < 4.78 is 5.67. The summed E-state index contributed by atoms with van der Waals surface area (Å²) in [5.41, 5.74) is 0. The molecule has 0 saturated heterocycles. The highest BCUT2D eigenvalue weighted by Gasteiger charge is 2.54. The molecule has 1 aromatic heterocycles. The third kappa shape index (κ3) is 2.26. The van der Waals surface area contributed by atoms with Gasteiger partial charge in [0.25, 0.3) is 0 Å². The normalized spacial score (nSPS) is 29.9. The first-order chi connectivity index (χ1) is 8.75. The van der Waals surface area contributed by atoms with Crippen LogP contribution < -0.4 is 0 Å². The molecule has 0 radical (unpaired) electrons. The van der Waals surface area contributed by atoms with E-state index in [1.807, 2.05) is 0 Å². The quantitative estimate of drug-likeness (QED) is 0.868. The minimum Gasteiger partial charge on any atom is -0.481 e. The Hall–Kier alpha value is -1.39. The Bertz CT molecular complexity index is 431. The lowest BCUT2D eigenvalue weighted by molar-refractivity contribution is -0.137. The monoisotopic (exact) mass is 250 g/mol. The van der Waals surface area contributed by atoms with Crippen LogP contribution >= 0.6 is 0 Å². The zero-order chi connectivity index (χ0) is 12.5. The van der Waals surface area contributed by atoms with Crippen LogP contribution in [0.1, 0.15) is 56.2 Å². The first-order valence-corrected chi connectivity index (χ1v) is 6.80. The van der Waals surface area contributed by atoms with Crippen LogP contribution in [-0.2, 0) is 11.2 Å². The van der Waals surface area contributed by atoms with Crippen molar-refractivity contribution in [2.24, 2.45) is 11.8 Å². The molecule has 18 heavy (non-hydrogen) atoms. The highest BCUT2D eigenvalue weighted by atomic mass is 16.4. The molecule has 1 N–H and O–H groups in total. The Labute approximate surface area is 106 Å². The summed E-state index contributed by atoms with van der Waals surface area (Å²) in [5, 5.41) is 16.7. The summed E-state index contributed by atoms with van der Waals surface area (Å²) in [6, 6.07) is 0. The first-order valence-electron chi connectivity index (χ1n) is 6.80. The summed E-state index contributed by atoms with van der Waals surface area (Å²) >= 11 is 0. The molecule has 98 valence electrons. The van der Waals surface area contributed by atoms with E-state index in [0.29, 0.717) is 24.7 Å². The molecule has 2 unspecified atom stereocenters. The number of hydrogen-bond donors (Lipinski definition) is 1. The number of aliphatic carboxylic acids is 1. The van der Waals surface area contributed by atoms with Gasteiger partial charge in [0, 0.05) is 18.8 Å². The molecule has 0 bridgehead atoms. The van der Waals surface area contributed by atoms with Crippen LogP contribution in [0.3, 0.4) is 0 Å². The van der Waals surface area contributed by atoms with Gasteiger partial charge in [-0.2, -0.15) is 0 Å². The van der Waals surface area contributed by atoms with Crippen molar-refractivity contribution in [3.63, 3.8) is 0 Å². The number of rotatable bonds is 5. The maximum atomic E-state index is 10.4. The Kier molecular flexibility index (Phi) is 3.06. The molecule has 3 rings (SSSR count). The van der Waals surface area contributed by atoms with Gasteiger partial charge in [0.1, 0.15) is 0 Å². The van der Waals surface area contributed by atoms with Gasteiger partial charge in [-0.25, -0.2) is 0 Å². The Morgan fingerprint density at radius 3 is 2.67 bits per heavy atom. The standard InChI is InChI=1S/C13H18N2O3/c16-11(17)7-3-6-10-14-15-13(18-10)12-8-4-1-2-5-9(8)12/h8-9,12H,1-7H2,(H,16,17). The molecule has 0 amide bonds. The van der Waals surface area contributed by atoms with Crippen LogP contribution in [-0.4, -0.2) is 21.3 Å². The number of aromatic nitrogens is 2. The van der Waals surface area contributed by atoms with Crippen LogP contribution in [0.25, 0.3) is 0 Å². The summed E-state index contributed by atoms with van der Waals surface area (Å²) in [4.78, 5) is 10.4. The van der Waals surface area contributed by atoms with Gasteiger partial charge < -0.3 is 9.52 Å². The number of aryl methyl sites for hydroxylation is 1. The van der Waals surface area contributed by atoms with E-state index in [4.69, 9.17) is 9.52 Å². The van der Waals surface area contributed by atoms with Crippen molar-refractivity contribution in [2.75, 3.05) is 0 Å². The average molecular weight is 250 g/mol. The van der Waals surface area contributed by atoms with Gasteiger partial charge in [-0.1, -0.05) is 12.8 Å². The first kappa shape index (κ1) is 11.7. The second-order valence-corrected chi connectivity index (χ2v) is 5.42. The predicted octanol–water partition coefficient (Wildman–Crippen LogP) is 2.38. The molecule has 5 heteroatoms. The van der Waals surface area contributed by atoms with E-state index in [9.17, 15) is 4.79 Å². The molecule has 2 aliphatic rings. The average Bonchev–Trinajstić information content (AvgIpc) is 2.91. The van der Waals surface area contributed by atoms with E-state index >= 15 is 0 Å². The van der Waals surface area contributed by atoms with Gasteiger partial charge in [0.15, 0.2) is 0 Å². The van der Waals surface area contributed by atoms with Crippen LogP contribution in [0, 0.1) is 11.8 Å². The number of carboxylic acid groups (broad SMARTS) is 1. The van der Waals surface area contributed by atoms with Gasteiger partial charge in [0.2, 0.25) is 11.8 Å². The maximum absolute atomic E-state index is 10.4. The highest BCUT2D eigenvalue weighted by Crippen LogP contribution is 2.60. The second-order valence-electron chi connectivity index (χ2n) is 5.42. The smallest absolute Gasteiger partial charge is 0.303 e. The highest BCUT2D eigenvalue weighted by molar-refractivity contribution is 5.66. The number of carboxylic acids is 1. The molecule has 2 atom stereocenters. The van der Waals surface area contributed by atoms with E-state index in [-0.39, 0.29) is 6.42 Å². The SMILES string of the molecule is O=C(O)CCCc1nnc(C2C3CCCCC32)o1. The Balaban J connectivity index is 1.55. The molecule has 1 heterocycles. The minimum absolute atomic E-state index is 0.159. The van der Waals surface area contributed by atoms with Crippen LogP contribution in [0.2, 0.25) is 0 Å². The maximum Gasteiger partial charge on any atom is 0.303 e. The summed E-state index contributed by atoms with van der Waals surface area (Å²) in [6.07, 6.45) is 6.55. The lowest BCUT2D eigenvalue weighted by atomic mass is 10.0. The topological polar surface area (TPSA) is 76.2 Å². The van der Waals surface area contributed by atoms with Gasteiger partial charge in [0.05, 0.1) is 0 Å². The molecule has 1 aromatic rings. The van der Waals surface area contributed by atoms with Crippen molar-refractivity contribution in [3.05, 3.63) is 11.8 Å². The van der Waals surface area contributed by atoms with Crippen molar-refractivity contribution >= 4 is 5.97 Å². The number of carbonyl (C=O) groups is 1. The molecular formula is C13H18N2O3. The van der Waals surface area contributed by atoms with Crippen LogP contribution in [0.4, 0.5) is 0 Å². The minimum atomic E-state index is -0.775. The fourth-order valence-corrected chi connectivity index (χ4v) is 3.25. The molecule has 2 fully saturated rings. The van der Waals surface area contributed by atoms with Crippen molar-refractivity contribution in [3.8, 4) is 0 Å². The Morgan fingerprint density at radius 2 is 2.00 bits per heavy atom. The van der Waals surface area contributed by atoms with Gasteiger partial charge in [-0.05, 0) is 31.1 Å². The van der Waals surface area contributed by atoms with Gasteiger partial charge in [-0.3, -0.25) is 4.79 Å². The fourth-order valence-electron chi connectivity index (χ4n) is 3.25. The summed E-state index contributed by atoms with van der Waals surface area (Å²) in [7, 11) is 0. The van der Waals surface area contributed by atoms with Crippen LogP contribution in [0.15, 0.2) is 4.42 Å². The number of hydrogen-bond acceptors (Lipinski definition) is 4. The number of fused-ring (bicyclic) bond motifs is 1. The van der Waals surface area contributed by atoms with Gasteiger partial charge in [-0.15, -0.1) is 10.2 Å². The molecule has 2 saturated carbocycles. The summed E-state index contributed by atoms with van der Waals surface area (Å²) in [5.74, 6) is 2.64. The van der Waals surface area contributed by atoms with Crippen molar-refractivity contribution in [1.29, 1.82) is 0 Å². The molecule has 0 spiro atoms. The molecule has 5 nitrogen and oxygen atoms in total. The zero-order valence-corrected chi connectivity index (χ0v) is 10.3. The lowest BCUT2D eigenvalue weighted by Gasteiger charge is -2.04. The fraction of sp³-hybridized carbons (Fsp3) is 0.769. The van der Waals surface area contributed by atoms with Crippen molar-refractivity contribution in [1.82, 2.24) is 10.2 Å². The third-order valence-corrected chi connectivity index (χ3v) is 4.21. The zero-order valence-electron chi connectivity index (χ0n) is 10.3. The molecule has 0 aliphatic heterocycles. The lowest BCUT2D eigenvalue weighted by Crippen LogP contribution is -1.95. The number of nitrogens with zero attached hydrogens (tertiary/aromatic N) is 2. The predicted molar refractivity (Wildman–Crippen MR) is 63.1 cm³/mol. The summed E-state index contributed by atoms with van der Waals surface area (Å²) in [6.45, 7) is 0. The largest absolute Gasteiger partial charge is 0.481 e. The molecule has 0 aromatic carbocycles. The van der Waals surface area contributed by atoms with E-state index in [0.717, 1.165) is 17.7 Å². The Morgan fingerprint density at radius 1 is 1.28 bits per heavy atom. The van der Waals surface area contributed by atoms with Gasteiger partial charge >= 0.3 is 5.97 Å². The van der Waals surface area contributed by atoms with Crippen LogP contribution in [0.5, 0.6) is 0 Å². The van der Waals surface area contributed by atoms with E-state index in [2.05, 4.69) is 10.2 Å². The third-order valence-electron chi connectivity index (χ3n) is 4.21.